The normalized spacial score (nSPS) is 14.6. The van der Waals surface area contributed by atoms with E-state index in [2.05, 4.69) is 6.58 Å². The average molecular weight is 474 g/mol. The number of methoxy groups -OCH3 is 3. The van der Waals surface area contributed by atoms with Gasteiger partial charge in [-0.25, -0.2) is 0 Å². The van der Waals surface area contributed by atoms with Gasteiger partial charge in [0.1, 0.15) is 0 Å². The monoisotopic (exact) mass is 473 g/mol. The Morgan fingerprint density at radius 1 is 0.943 bits per heavy atom. The lowest BCUT2D eigenvalue weighted by molar-refractivity contribution is -0.135. The SMILES string of the molecule is C=CCc1ccc(OCC(=O)N2CCc3cc(OC)c(OC)cc3C2c2ccccc2)c(OC)c1. The zero-order chi connectivity index (χ0) is 24.8. The van der Waals surface area contributed by atoms with Crippen molar-refractivity contribution < 1.29 is 23.7 Å². The fraction of sp³-hybridized carbons (Fsp3) is 0.276. The first-order valence-corrected chi connectivity index (χ1v) is 11.6. The van der Waals surface area contributed by atoms with Crippen molar-refractivity contribution in [3.05, 3.63) is 95.6 Å². The Morgan fingerprint density at radius 2 is 1.63 bits per heavy atom. The summed E-state index contributed by atoms with van der Waals surface area (Å²) in [5.41, 5.74) is 4.26. The highest BCUT2D eigenvalue weighted by molar-refractivity contribution is 5.79. The summed E-state index contributed by atoms with van der Waals surface area (Å²) >= 11 is 0. The molecule has 4 rings (SSSR count). The molecule has 6 nitrogen and oxygen atoms in total. The summed E-state index contributed by atoms with van der Waals surface area (Å²) in [5.74, 6) is 2.36. The van der Waals surface area contributed by atoms with Gasteiger partial charge in [0.25, 0.3) is 5.91 Å². The van der Waals surface area contributed by atoms with Crippen molar-refractivity contribution in [2.75, 3.05) is 34.5 Å². The summed E-state index contributed by atoms with van der Waals surface area (Å²) < 4.78 is 22.5. The van der Waals surface area contributed by atoms with Crippen LogP contribution in [0.25, 0.3) is 0 Å². The van der Waals surface area contributed by atoms with Crippen molar-refractivity contribution in [3.8, 4) is 23.0 Å². The van der Waals surface area contributed by atoms with Crippen LogP contribution in [0.5, 0.6) is 23.0 Å². The zero-order valence-corrected chi connectivity index (χ0v) is 20.5. The van der Waals surface area contributed by atoms with Crippen LogP contribution in [0.1, 0.15) is 28.3 Å². The highest BCUT2D eigenvalue weighted by Crippen LogP contribution is 2.41. The van der Waals surface area contributed by atoms with Gasteiger partial charge in [0, 0.05) is 6.54 Å². The van der Waals surface area contributed by atoms with Crippen molar-refractivity contribution in [1.29, 1.82) is 0 Å². The van der Waals surface area contributed by atoms with E-state index >= 15 is 0 Å². The van der Waals surface area contributed by atoms with E-state index in [1.807, 2.05) is 71.6 Å². The quantitative estimate of drug-likeness (QED) is 0.410. The minimum Gasteiger partial charge on any atom is -0.493 e. The smallest absolute Gasteiger partial charge is 0.261 e. The third-order valence-corrected chi connectivity index (χ3v) is 6.27. The van der Waals surface area contributed by atoms with Crippen molar-refractivity contribution in [1.82, 2.24) is 4.90 Å². The van der Waals surface area contributed by atoms with E-state index in [0.717, 1.165) is 28.7 Å². The Bertz CT molecular complexity index is 1190. The molecule has 0 radical (unpaired) electrons. The van der Waals surface area contributed by atoms with Gasteiger partial charge in [-0.3, -0.25) is 4.79 Å². The molecule has 0 N–H and O–H groups in total. The standard InChI is InChI=1S/C29H31NO5/c1-5-9-20-12-13-24(25(16-20)32-2)35-19-28(31)30-15-14-22-17-26(33-3)27(34-4)18-23(22)29(30)21-10-7-6-8-11-21/h5-8,10-13,16-18,29H,1,9,14-15,19H2,2-4H3. The first kappa shape index (κ1) is 24.2. The Kier molecular flexibility index (Phi) is 7.60. The second-order valence-corrected chi connectivity index (χ2v) is 8.32. The van der Waals surface area contributed by atoms with Gasteiger partial charge in [-0.1, -0.05) is 42.5 Å². The molecular weight excluding hydrogens is 442 g/mol. The van der Waals surface area contributed by atoms with Gasteiger partial charge >= 0.3 is 0 Å². The van der Waals surface area contributed by atoms with Crippen molar-refractivity contribution in [2.24, 2.45) is 0 Å². The summed E-state index contributed by atoms with van der Waals surface area (Å²) in [5, 5.41) is 0. The number of amides is 1. The number of rotatable bonds is 9. The van der Waals surface area contributed by atoms with Crippen LogP contribution in [0.15, 0.2) is 73.3 Å². The minimum atomic E-state index is -0.257. The lowest BCUT2D eigenvalue weighted by atomic mass is 9.87. The van der Waals surface area contributed by atoms with Crippen LogP contribution >= 0.6 is 0 Å². The van der Waals surface area contributed by atoms with E-state index in [-0.39, 0.29) is 18.6 Å². The second-order valence-electron chi connectivity index (χ2n) is 8.32. The maximum Gasteiger partial charge on any atom is 0.261 e. The number of hydrogen-bond acceptors (Lipinski definition) is 5. The molecular formula is C29H31NO5. The first-order valence-electron chi connectivity index (χ1n) is 11.6. The molecule has 0 saturated heterocycles. The van der Waals surface area contributed by atoms with Crippen LogP contribution in [-0.4, -0.2) is 45.3 Å². The highest BCUT2D eigenvalue weighted by Gasteiger charge is 2.33. The third-order valence-electron chi connectivity index (χ3n) is 6.27. The van der Waals surface area contributed by atoms with E-state index in [1.54, 1.807) is 21.3 Å². The molecule has 1 unspecified atom stereocenters. The molecule has 0 spiro atoms. The van der Waals surface area contributed by atoms with E-state index < -0.39 is 0 Å². The first-order chi connectivity index (χ1) is 17.1. The maximum atomic E-state index is 13.5. The van der Waals surface area contributed by atoms with Crippen LogP contribution in [0.2, 0.25) is 0 Å². The van der Waals surface area contributed by atoms with Gasteiger partial charge in [0.05, 0.1) is 27.4 Å². The lowest BCUT2D eigenvalue weighted by Crippen LogP contribution is -2.43. The highest BCUT2D eigenvalue weighted by atomic mass is 16.5. The van der Waals surface area contributed by atoms with Crippen LogP contribution in [-0.2, 0) is 17.6 Å². The molecule has 35 heavy (non-hydrogen) atoms. The van der Waals surface area contributed by atoms with Crippen LogP contribution in [0.3, 0.4) is 0 Å². The molecule has 0 bridgehead atoms. The fourth-order valence-corrected chi connectivity index (χ4v) is 4.56. The molecule has 1 atom stereocenters. The summed E-state index contributed by atoms with van der Waals surface area (Å²) in [6, 6.07) is 19.5. The Morgan fingerprint density at radius 3 is 2.31 bits per heavy atom. The minimum absolute atomic E-state index is 0.0941. The molecule has 1 aliphatic rings. The topological polar surface area (TPSA) is 57.2 Å². The van der Waals surface area contributed by atoms with Crippen molar-refractivity contribution in [2.45, 2.75) is 18.9 Å². The Labute approximate surface area is 206 Å². The Hall–Kier alpha value is -3.93. The predicted octanol–water partition coefficient (Wildman–Crippen LogP) is 4.99. The molecule has 1 aliphatic heterocycles. The zero-order valence-electron chi connectivity index (χ0n) is 20.5. The third kappa shape index (κ3) is 5.11. The Balaban J connectivity index is 1.62. The summed E-state index contributed by atoms with van der Waals surface area (Å²) in [6.45, 7) is 4.25. The van der Waals surface area contributed by atoms with Gasteiger partial charge in [0.2, 0.25) is 0 Å². The van der Waals surface area contributed by atoms with Crippen LogP contribution < -0.4 is 18.9 Å². The van der Waals surface area contributed by atoms with Gasteiger partial charge in [-0.15, -0.1) is 6.58 Å². The van der Waals surface area contributed by atoms with Gasteiger partial charge in [-0.2, -0.15) is 0 Å². The van der Waals surface area contributed by atoms with Gasteiger partial charge in [0.15, 0.2) is 29.6 Å². The van der Waals surface area contributed by atoms with E-state index in [0.29, 0.717) is 36.0 Å². The fourth-order valence-electron chi connectivity index (χ4n) is 4.56. The number of hydrogen-bond donors (Lipinski definition) is 0. The predicted molar refractivity (Wildman–Crippen MR) is 136 cm³/mol. The van der Waals surface area contributed by atoms with Crippen LogP contribution in [0.4, 0.5) is 0 Å². The number of ether oxygens (including phenoxy) is 4. The average Bonchev–Trinajstić information content (AvgIpc) is 2.91. The van der Waals surface area contributed by atoms with Gasteiger partial charge in [-0.05, 0) is 59.4 Å². The molecule has 1 heterocycles. The molecule has 182 valence electrons. The summed E-state index contributed by atoms with van der Waals surface area (Å²) in [4.78, 5) is 15.4. The molecule has 0 aliphatic carbocycles. The maximum absolute atomic E-state index is 13.5. The molecule has 0 saturated carbocycles. The van der Waals surface area contributed by atoms with E-state index in [4.69, 9.17) is 18.9 Å². The largest absolute Gasteiger partial charge is 0.493 e. The van der Waals surface area contributed by atoms with Gasteiger partial charge < -0.3 is 23.8 Å². The van der Waals surface area contributed by atoms with Crippen molar-refractivity contribution in [3.63, 3.8) is 0 Å². The van der Waals surface area contributed by atoms with Crippen LogP contribution in [0, 0.1) is 0 Å². The van der Waals surface area contributed by atoms with E-state index in [9.17, 15) is 4.79 Å². The van der Waals surface area contributed by atoms with E-state index in [1.165, 1.54) is 0 Å². The molecule has 6 heteroatoms. The molecule has 0 aromatic heterocycles. The molecule has 0 fully saturated rings. The number of fused-ring (bicyclic) bond motifs is 1. The number of nitrogens with zero attached hydrogens (tertiary/aromatic N) is 1. The second kappa shape index (κ2) is 11.0. The molecule has 1 amide bonds. The number of carbonyl (C=O) groups excluding carboxylic acids is 1. The molecule has 3 aromatic carbocycles. The number of benzene rings is 3. The summed E-state index contributed by atoms with van der Waals surface area (Å²) in [6.07, 6.45) is 3.28. The lowest BCUT2D eigenvalue weighted by Gasteiger charge is -2.38. The van der Waals surface area contributed by atoms with Crippen molar-refractivity contribution >= 4 is 5.91 Å². The number of allylic oxidation sites excluding steroid dienone is 1. The number of carbonyl (C=O) groups is 1. The summed E-state index contributed by atoms with van der Waals surface area (Å²) in [7, 11) is 4.85. The molecule has 3 aromatic rings.